The Kier molecular flexibility index (Phi) is 72.6. The molecule has 5 unspecified atom stereocenters. The van der Waals surface area contributed by atoms with Gasteiger partial charge >= 0.3 is 39.5 Å². The van der Waals surface area contributed by atoms with Crippen molar-refractivity contribution in [2.24, 2.45) is 0 Å². The zero-order chi connectivity index (χ0) is 77.4. The molecule has 0 spiro atoms. The van der Waals surface area contributed by atoms with E-state index >= 15 is 0 Å². The second-order valence-electron chi connectivity index (χ2n) is 25.5. The van der Waals surface area contributed by atoms with Gasteiger partial charge in [-0.1, -0.05) is 280 Å². The predicted octanol–water partition coefficient (Wildman–Crippen LogP) is 23.3. The fourth-order valence-electron chi connectivity index (χ4n) is 9.57. The topological polar surface area (TPSA) is 237 Å². The van der Waals surface area contributed by atoms with Crippen molar-refractivity contribution in [3.05, 3.63) is 194 Å². The van der Waals surface area contributed by atoms with Crippen LogP contribution in [0, 0.1) is 0 Å². The van der Waals surface area contributed by atoms with Crippen LogP contribution in [0.5, 0.6) is 0 Å². The molecule has 0 rings (SSSR count). The van der Waals surface area contributed by atoms with Gasteiger partial charge in [-0.05, 0) is 161 Å². The Morgan fingerprint density at radius 3 is 0.868 bits per heavy atom. The Labute approximate surface area is 640 Å². The maximum Gasteiger partial charge on any atom is 0.472 e. The maximum absolute atomic E-state index is 13.1. The summed E-state index contributed by atoms with van der Waals surface area (Å²) in [5, 5.41) is 10.6. The number of aliphatic hydroxyl groups excluding tert-OH is 1. The molecule has 0 aliphatic carbocycles. The molecule has 5 atom stereocenters. The lowest BCUT2D eigenvalue weighted by Gasteiger charge is -2.21. The number of hydrogen-bond donors (Lipinski definition) is 3. The Hall–Kier alpha value is -6.10. The third-order valence-electron chi connectivity index (χ3n) is 15.5. The average Bonchev–Trinajstić information content (AvgIpc) is 0.903. The highest BCUT2D eigenvalue weighted by molar-refractivity contribution is 7.47. The second-order valence-corrected chi connectivity index (χ2v) is 28.4. The highest BCUT2D eigenvalue weighted by Crippen LogP contribution is 2.45. The number of aliphatic hydroxyl groups is 1. The molecule has 106 heavy (non-hydrogen) atoms. The van der Waals surface area contributed by atoms with Crippen molar-refractivity contribution < 1.29 is 80.2 Å². The second kappa shape index (κ2) is 77.1. The standard InChI is InChI=1S/C87H138O17P2/c1-5-9-13-17-21-25-29-33-36-38-40-42-45-49-52-56-60-64-68-72-85(90)98-78-83(104-87(92)74-70-66-62-58-54-50-46-43-41-39-37-34-30-26-22-18-14-10-6-2)80-102-106(95,96)100-76-81(88)75-99-105(93,94)101-79-82(103-86(91)73-69-65-61-57-53-47-32-28-24-20-16-12-8-4)77-97-84(89)71-67-63-59-55-51-48-44-35-31-27-23-19-15-11-7-3/h9-10,13-14,16,20-23,25-28,32-37,40-44,49-50,52,54,60,62,64,66,81-83,88H,5-8,11-12,15,17-19,24,29-31,38-39,45-48,51,53,55-59,61,63,65,67-80H2,1-4H3,(H,93,94)(H,95,96)/b13-9-,14-10-,20-16-,25-21-,26-22-,27-23-,32-28-,36-33-,37-34-,42-40-,43-41-,44-35-,52-49-,54-50-,64-60-,66-62-. The average molecular weight is 1520 g/mol. The first kappa shape index (κ1) is 99.9. The van der Waals surface area contributed by atoms with Gasteiger partial charge in [0.15, 0.2) is 12.2 Å². The Bertz CT molecular complexity index is 2780. The SMILES string of the molecule is CC/C=C\C/C=C\C/C=C\C/C=C\C/C=C\C/C=C\CCC(=O)OCC(COP(=O)(O)OCC(O)COP(=O)(O)OCC(COC(=O)CCCCCCC/C=C\C/C=C\CCCCC)OC(=O)CCCCCCC/C=C\C/C=C\CCC)OC(=O)CC/C=C\C/C=C\C/C=C\C/C=C\C/C=C\C/C=C\CC. The quantitative estimate of drug-likeness (QED) is 0.0169. The molecule has 19 heteroatoms. The van der Waals surface area contributed by atoms with E-state index in [1.54, 1.807) is 0 Å². The number of ether oxygens (including phenoxy) is 4. The van der Waals surface area contributed by atoms with Gasteiger partial charge in [0.05, 0.1) is 26.4 Å². The highest BCUT2D eigenvalue weighted by atomic mass is 31.2. The summed E-state index contributed by atoms with van der Waals surface area (Å²) in [4.78, 5) is 72.9. The number of esters is 4. The van der Waals surface area contributed by atoms with Gasteiger partial charge in [0.1, 0.15) is 19.3 Å². The summed E-state index contributed by atoms with van der Waals surface area (Å²) in [5.41, 5.74) is 0. The van der Waals surface area contributed by atoms with Crippen molar-refractivity contribution in [2.45, 2.75) is 290 Å². The van der Waals surface area contributed by atoms with E-state index in [1.807, 2.05) is 36.5 Å². The van der Waals surface area contributed by atoms with Crippen LogP contribution in [0.15, 0.2) is 194 Å². The summed E-state index contributed by atoms with van der Waals surface area (Å²) in [7, 11) is -10.0. The molecular formula is C87H138O17P2. The molecule has 0 aliphatic rings. The van der Waals surface area contributed by atoms with E-state index < -0.39 is 97.5 Å². The van der Waals surface area contributed by atoms with Crippen LogP contribution in [0.4, 0.5) is 0 Å². The lowest BCUT2D eigenvalue weighted by atomic mass is 10.1. The van der Waals surface area contributed by atoms with Crippen LogP contribution >= 0.6 is 15.6 Å². The molecule has 0 aromatic carbocycles. The van der Waals surface area contributed by atoms with Gasteiger partial charge in [-0.25, -0.2) is 9.13 Å². The Morgan fingerprint density at radius 1 is 0.274 bits per heavy atom. The third-order valence-corrected chi connectivity index (χ3v) is 17.4. The van der Waals surface area contributed by atoms with E-state index in [0.29, 0.717) is 38.5 Å². The molecule has 0 amide bonds. The molecule has 0 fully saturated rings. The number of carbonyl (C=O) groups is 4. The van der Waals surface area contributed by atoms with Gasteiger partial charge in [-0.15, -0.1) is 0 Å². The number of phosphoric acid groups is 2. The summed E-state index contributed by atoms with van der Waals surface area (Å²) in [5.74, 6) is -2.42. The molecule has 0 radical (unpaired) electrons. The van der Waals surface area contributed by atoms with Crippen molar-refractivity contribution in [3.8, 4) is 0 Å². The van der Waals surface area contributed by atoms with Gasteiger partial charge in [-0.3, -0.25) is 37.3 Å². The van der Waals surface area contributed by atoms with Crippen molar-refractivity contribution in [2.75, 3.05) is 39.6 Å². The zero-order valence-corrected chi connectivity index (χ0v) is 67.1. The molecule has 3 N–H and O–H groups in total. The number of allylic oxidation sites excluding steroid dienone is 32. The Balaban J connectivity index is 5.54. The summed E-state index contributed by atoms with van der Waals surface area (Å²) in [6, 6.07) is 0. The minimum atomic E-state index is -5.03. The van der Waals surface area contributed by atoms with Crippen LogP contribution in [-0.4, -0.2) is 96.7 Å². The lowest BCUT2D eigenvalue weighted by molar-refractivity contribution is -0.161. The molecule has 17 nitrogen and oxygen atoms in total. The normalized spacial score (nSPS) is 14.9. The molecular weight excluding hydrogens is 1380 g/mol. The summed E-state index contributed by atoms with van der Waals surface area (Å²) >= 11 is 0. The summed E-state index contributed by atoms with van der Waals surface area (Å²) < 4.78 is 68.4. The van der Waals surface area contributed by atoms with Crippen LogP contribution in [0.25, 0.3) is 0 Å². The van der Waals surface area contributed by atoms with Gasteiger partial charge < -0.3 is 33.8 Å². The number of carbonyl (C=O) groups excluding carboxylic acids is 4. The molecule has 0 aliphatic heterocycles. The monoisotopic (exact) mass is 1520 g/mol. The summed E-state index contributed by atoms with van der Waals surface area (Å²) in [6.07, 6.45) is 94.4. The molecule has 0 saturated heterocycles. The van der Waals surface area contributed by atoms with Crippen LogP contribution in [0.3, 0.4) is 0 Å². The first-order valence-electron chi connectivity index (χ1n) is 39.7. The lowest BCUT2D eigenvalue weighted by Crippen LogP contribution is -2.30. The van der Waals surface area contributed by atoms with Crippen LogP contribution in [0.2, 0.25) is 0 Å². The number of unbranched alkanes of at least 4 members (excludes halogenated alkanes) is 14. The number of phosphoric ester groups is 2. The van der Waals surface area contributed by atoms with Gasteiger partial charge in [0, 0.05) is 25.7 Å². The highest BCUT2D eigenvalue weighted by Gasteiger charge is 2.30. The fraction of sp³-hybridized carbons (Fsp3) is 0.586. The van der Waals surface area contributed by atoms with Crippen LogP contribution in [-0.2, 0) is 65.4 Å². The van der Waals surface area contributed by atoms with Gasteiger partial charge in [-0.2, -0.15) is 0 Å². The van der Waals surface area contributed by atoms with Crippen LogP contribution in [0.1, 0.15) is 272 Å². The Morgan fingerprint density at radius 2 is 0.528 bits per heavy atom. The first-order valence-corrected chi connectivity index (χ1v) is 42.7. The van der Waals surface area contributed by atoms with E-state index in [0.717, 1.165) is 161 Å². The van der Waals surface area contributed by atoms with Crippen LogP contribution < -0.4 is 0 Å². The largest absolute Gasteiger partial charge is 0.472 e. The van der Waals surface area contributed by atoms with Crippen molar-refractivity contribution in [3.63, 3.8) is 0 Å². The van der Waals surface area contributed by atoms with Crippen molar-refractivity contribution in [1.82, 2.24) is 0 Å². The molecule has 0 saturated carbocycles. The number of rotatable bonds is 72. The van der Waals surface area contributed by atoms with E-state index in [1.165, 1.54) is 19.3 Å². The van der Waals surface area contributed by atoms with E-state index in [-0.39, 0.29) is 25.7 Å². The smallest absolute Gasteiger partial charge is 0.462 e. The molecule has 598 valence electrons. The van der Waals surface area contributed by atoms with Gasteiger partial charge in [0.25, 0.3) is 0 Å². The molecule has 0 aromatic rings. The van der Waals surface area contributed by atoms with E-state index in [9.17, 15) is 43.2 Å². The minimum Gasteiger partial charge on any atom is -0.462 e. The first-order chi connectivity index (χ1) is 51.7. The molecule has 0 aromatic heterocycles. The summed E-state index contributed by atoms with van der Waals surface area (Å²) in [6.45, 7) is 4.32. The van der Waals surface area contributed by atoms with E-state index in [2.05, 4.69) is 186 Å². The number of hydrogen-bond acceptors (Lipinski definition) is 15. The van der Waals surface area contributed by atoms with Crippen molar-refractivity contribution >= 4 is 39.5 Å². The predicted molar refractivity (Wildman–Crippen MR) is 436 cm³/mol. The van der Waals surface area contributed by atoms with E-state index in [4.69, 9.17) is 37.0 Å². The fourth-order valence-corrected chi connectivity index (χ4v) is 11.2. The molecule has 0 heterocycles. The maximum atomic E-state index is 13.1. The minimum absolute atomic E-state index is 0.0116. The third kappa shape index (κ3) is 76.1. The zero-order valence-electron chi connectivity index (χ0n) is 65.3. The van der Waals surface area contributed by atoms with Crippen molar-refractivity contribution in [1.29, 1.82) is 0 Å². The molecule has 0 bridgehead atoms. The van der Waals surface area contributed by atoms with Gasteiger partial charge in [0.2, 0.25) is 0 Å².